The molecule has 9 heteroatoms. The lowest BCUT2D eigenvalue weighted by Gasteiger charge is -2.05. The summed E-state index contributed by atoms with van der Waals surface area (Å²) in [5, 5.41) is 13.3. The van der Waals surface area contributed by atoms with Crippen molar-refractivity contribution in [3.63, 3.8) is 0 Å². The maximum absolute atomic E-state index is 12.1. The number of hydrogen-bond donors (Lipinski definition) is 1. The van der Waals surface area contributed by atoms with Crippen LogP contribution in [-0.2, 0) is 7.05 Å². The van der Waals surface area contributed by atoms with Crippen LogP contribution in [0.2, 0.25) is 5.02 Å². The van der Waals surface area contributed by atoms with Crippen LogP contribution in [0, 0.1) is 17.0 Å². The quantitative estimate of drug-likeness (QED) is 0.692. The van der Waals surface area contributed by atoms with Gasteiger partial charge in [0.15, 0.2) is 0 Å². The third-order valence-corrected chi connectivity index (χ3v) is 4.35. The predicted octanol–water partition coefficient (Wildman–Crippen LogP) is 2.57. The molecule has 1 amide bonds. The minimum Gasteiger partial charge on any atom is -0.321 e. The van der Waals surface area contributed by atoms with Crippen molar-refractivity contribution in [1.82, 2.24) is 4.57 Å². The molecule has 1 N–H and O–H groups in total. The molecule has 1 heterocycles. The molecule has 0 spiro atoms. The third-order valence-electron chi connectivity index (χ3n) is 2.90. The molecule has 7 nitrogen and oxygen atoms in total. The number of halogens is 1. The van der Waals surface area contributed by atoms with E-state index < -0.39 is 10.8 Å². The molecule has 2 aromatic rings. The molecule has 0 fully saturated rings. The first kappa shape index (κ1) is 15.2. The molecule has 0 radical (unpaired) electrons. The summed E-state index contributed by atoms with van der Waals surface area (Å²) < 4.78 is 1.36. The third kappa shape index (κ3) is 2.96. The second-order valence-electron chi connectivity index (χ2n) is 4.22. The van der Waals surface area contributed by atoms with Crippen molar-refractivity contribution in [3.05, 3.63) is 53.6 Å². The molecule has 0 unspecified atom stereocenters. The van der Waals surface area contributed by atoms with Crippen LogP contribution in [0.1, 0.15) is 15.4 Å². The van der Waals surface area contributed by atoms with Gasteiger partial charge in [0, 0.05) is 24.5 Å². The Morgan fingerprint density at radius 1 is 1.48 bits per heavy atom. The molecule has 0 aliphatic rings. The summed E-state index contributed by atoms with van der Waals surface area (Å²) >= 11 is 6.51. The number of rotatable bonds is 3. The molecule has 0 saturated heterocycles. The first-order valence-corrected chi connectivity index (χ1v) is 6.92. The smallest absolute Gasteiger partial charge is 0.307 e. The SMILES string of the molecule is Cc1c(C(=O)Nc2ccc(Cl)c([N+](=O)[O-])c2)sc(=O)n1C. The second kappa shape index (κ2) is 5.66. The maximum atomic E-state index is 12.1. The number of carbonyl (C=O) groups is 1. The number of amides is 1. The van der Waals surface area contributed by atoms with E-state index in [2.05, 4.69) is 5.32 Å². The van der Waals surface area contributed by atoms with Crippen LogP contribution in [0.5, 0.6) is 0 Å². The van der Waals surface area contributed by atoms with E-state index in [-0.39, 0.29) is 26.1 Å². The zero-order valence-electron chi connectivity index (χ0n) is 11.0. The number of nitrogens with one attached hydrogen (secondary N) is 1. The van der Waals surface area contributed by atoms with E-state index in [1.165, 1.54) is 22.8 Å². The van der Waals surface area contributed by atoms with E-state index in [0.29, 0.717) is 5.69 Å². The molecular formula is C12H10ClN3O4S. The van der Waals surface area contributed by atoms with Crippen molar-refractivity contribution < 1.29 is 9.72 Å². The lowest BCUT2D eigenvalue weighted by molar-refractivity contribution is -0.384. The van der Waals surface area contributed by atoms with Gasteiger partial charge in [-0.1, -0.05) is 22.9 Å². The highest BCUT2D eigenvalue weighted by molar-refractivity contribution is 7.11. The normalized spacial score (nSPS) is 10.4. The summed E-state index contributed by atoms with van der Waals surface area (Å²) in [4.78, 5) is 33.8. The Bertz CT molecular complexity index is 796. The van der Waals surface area contributed by atoms with Crippen LogP contribution in [0.15, 0.2) is 23.0 Å². The standard InChI is InChI=1S/C12H10ClN3O4S/c1-6-10(21-12(18)15(6)2)11(17)14-7-3-4-8(13)9(5-7)16(19)20/h3-5H,1-2H3,(H,14,17). The fraction of sp³-hybridized carbons (Fsp3) is 0.167. The Morgan fingerprint density at radius 3 is 2.67 bits per heavy atom. The van der Waals surface area contributed by atoms with Gasteiger partial charge in [0.25, 0.3) is 11.6 Å². The van der Waals surface area contributed by atoms with Gasteiger partial charge in [-0.2, -0.15) is 0 Å². The van der Waals surface area contributed by atoms with Crippen molar-refractivity contribution in [2.45, 2.75) is 6.92 Å². The predicted molar refractivity (Wildman–Crippen MR) is 80.4 cm³/mol. The molecule has 1 aromatic carbocycles. The van der Waals surface area contributed by atoms with Crippen molar-refractivity contribution in [2.75, 3.05) is 5.32 Å². The maximum Gasteiger partial charge on any atom is 0.307 e. The first-order chi connectivity index (χ1) is 9.81. The van der Waals surface area contributed by atoms with E-state index in [4.69, 9.17) is 11.6 Å². The summed E-state index contributed by atoms with van der Waals surface area (Å²) in [5.41, 5.74) is 0.470. The summed E-state index contributed by atoms with van der Waals surface area (Å²) in [5.74, 6) is -0.494. The van der Waals surface area contributed by atoms with Crippen molar-refractivity contribution >= 4 is 40.2 Å². The molecular weight excluding hydrogens is 318 g/mol. The zero-order chi connectivity index (χ0) is 15.7. The first-order valence-electron chi connectivity index (χ1n) is 5.73. The minimum absolute atomic E-state index is 0.0152. The Kier molecular flexibility index (Phi) is 4.10. The van der Waals surface area contributed by atoms with Crippen molar-refractivity contribution in [2.24, 2.45) is 7.05 Å². The Morgan fingerprint density at radius 2 is 2.14 bits per heavy atom. The van der Waals surface area contributed by atoms with Gasteiger partial charge in [0.05, 0.1) is 4.92 Å². The molecule has 21 heavy (non-hydrogen) atoms. The van der Waals surface area contributed by atoms with Crippen molar-refractivity contribution in [1.29, 1.82) is 0 Å². The lowest BCUT2D eigenvalue weighted by Crippen LogP contribution is -2.13. The summed E-state index contributed by atoms with van der Waals surface area (Å²) in [7, 11) is 1.57. The van der Waals surface area contributed by atoms with Gasteiger partial charge in [-0.25, -0.2) is 0 Å². The molecule has 1 aromatic heterocycles. The lowest BCUT2D eigenvalue weighted by atomic mass is 10.2. The molecule has 0 aliphatic heterocycles. The van der Waals surface area contributed by atoms with Gasteiger partial charge in [0.2, 0.25) is 0 Å². The van der Waals surface area contributed by atoms with Gasteiger partial charge in [-0.05, 0) is 19.1 Å². The van der Waals surface area contributed by atoms with Gasteiger partial charge >= 0.3 is 4.87 Å². The Labute approximate surface area is 127 Å². The summed E-state index contributed by atoms with van der Waals surface area (Å²) in [6.45, 7) is 1.65. The highest BCUT2D eigenvalue weighted by Crippen LogP contribution is 2.27. The fourth-order valence-corrected chi connectivity index (χ4v) is 2.71. The molecule has 0 atom stereocenters. The highest BCUT2D eigenvalue weighted by Gasteiger charge is 2.18. The van der Waals surface area contributed by atoms with E-state index in [1.54, 1.807) is 14.0 Å². The average Bonchev–Trinajstić information content (AvgIpc) is 2.68. The average molecular weight is 328 g/mol. The van der Waals surface area contributed by atoms with Gasteiger partial charge in [-0.15, -0.1) is 0 Å². The Balaban J connectivity index is 2.32. The number of anilines is 1. The van der Waals surface area contributed by atoms with Crippen molar-refractivity contribution in [3.8, 4) is 0 Å². The number of nitrogens with zero attached hydrogens (tertiary/aromatic N) is 2. The number of thiazole rings is 1. The zero-order valence-corrected chi connectivity index (χ0v) is 12.6. The number of nitro groups is 1. The molecule has 0 bridgehead atoms. The number of aromatic nitrogens is 1. The molecule has 0 saturated carbocycles. The van der Waals surface area contributed by atoms with E-state index in [0.717, 1.165) is 11.3 Å². The number of carbonyl (C=O) groups excluding carboxylic acids is 1. The van der Waals surface area contributed by atoms with Crippen LogP contribution in [0.4, 0.5) is 11.4 Å². The summed E-state index contributed by atoms with van der Waals surface area (Å²) in [6, 6.07) is 3.95. The Hall–Kier alpha value is -2.19. The summed E-state index contributed by atoms with van der Waals surface area (Å²) in [6.07, 6.45) is 0. The number of benzene rings is 1. The van der Waals surface area contributed by atoms with E-state index in [9.17, 15) is 19.7 Å². The van der Waals surface area contributed by atoms with Crippen LogP contribution in [-0.4, -0.2) is 15.4 Å². The van der Waals surface area contributed by atoms with E-state index in [1.807, 2.05) is 0 Å². The molecule has 0 aliphatic carbocycles. The van der Waals surface area contributed by atoms with Crippen LogP contribution < -0.4 is 10.2 Å². The van der Waals surface area contributed by atoms with Crippen LogP contribution in [0.3, 0.4) is 0 Å². The second-order valence-corrected chi connectivity index (χ2v) is 5.59. The van der Waals surface area contributed by atoms with Crippen LogP contribution in [0.25, 0.3) is 0 Å². The fourth-order valence-electron chi connectivity index (χ4n) is 1.65. The largest absolute Gasteiger partial charge is 0.321 e. The van der Waals surface area contributed by atoms with Crippen LogP contribution >= 0.6 is 22.9 Å². The topological polar surface area (TPSA) is 94.2 Å². The van der Waals surface area contributed by atoms with Gasteiger partial charge in [0.1, 0.15) is 9.90 Å². The number of nitro benzene ring substituents is 1. The van der Waals surface area contributed by atoms with Gasteiger partial charge in [-0.3, -0.25) is 19.7 Å². The minimum atomic E-state index is -0.635. The monoisotopic (exact) mass is 327 g/mol. The van der Waals surface area contributed by atoms with E-state index >= 15 is 0 Å². The molecule has 2 rings (SSSR count). The molecule has 110 valence electrons. The highest BCUT2D eigenvalue weighted by atomic mass is 35.5. The number of hydrogen-bond acceptors (Lipinski definition) is 5. The van der Waals surface area contributed by atoms with Gasteiger partial charge < -0.3 is 9.88 Å².